The molecule has 2 rings (SSSR count). The molecule has 0 saturated heterocycles. The number of hydrogen-bond donors (Lipinski definition) is 3. The van der Waals surface area contributed by atoms with Crippen molar-refractivity contribution in [2.45, 2.75) is 18.2 Å². The van der Waals surface area contributed by atoms with Gasteiger partial charge in [-0.1, -0.05) is 29.2 Å². The first-order valence-electron chi connectivity index (χ1n) is 6.27. The van der Waals surface area contributed by atoms with E-state index in [9.17, 15) is 9.59 Å². The third kappa shape index (κ3) is 4.71. The van der Waals surface area contributed by atoms with Crippen LogP contribution >= 0.6 is 23.1 Å². The fourth-order valence-electron chi connectivity index (χ4n) is 1.52. The molecule has 9 heteroatoms. The highest BCUT2D eigenvalue weighted by Crippen LogP contribution is 2.25. The summed E-state index contributed by atoms with van der Waals surface area (Å²) in [5, 5.41) is 21.8. The van der Waals surface area contributed by atoms with Crippen LogP contribution in [0.2, 0.25) is 0 Å². The average Bonchev–Trinajstić information content (AvgIpc) is 2.88. The first-order chi connectivity index (χ1) is 10.4. The van der Waals surface area contributed by atoms with E-state index in [1.807, 2.05) is 32.0 Å². The van der Waals surface area contributed by atoms with Crippen molar-refractivity contribution in [3.05, 3.63) is 29.3 Å². The fourth-order valence-corrected chi connectivity index (χ4v) is 2.99. The molecule has 0 aliphatic heterocycles. The first-order valence-corrected chi connectivity index (χ1v) is 8.07. The number of benzene rings is 1. The smallest absolute Gasteiger partial charge is 0.325 e. The highest BCUT2D eigenvalue weighted by Gasteiger charge is 2.10. The van der Waals surface area contributed by atoms with Gasteiger partial charge in [0.1, 0.15) is 0 Å². The minimum Gasteiger partial charge on any atom is -0.481 e. The summed E-state index contributed by atoms with van der Waals surface area (Å²) in [6.45, 7) is 3.96. The van der Waals surface area contributed by atoms with Gasteiger partial charge in [0.25, 0.3) is 0 Å². The summed E-state index contributed by atoms with van der Waals surface area (Å²) < 4.78 is 0.490. The quantitative estimate of drug-likeness (QED) is 0.572. The molecule has 0 unspecified atom stereocenters. The van der Waals surface area contributed by atoms with Crippen LogP contribution in [0.4, 0.5) is 15.6 Å². The Kier molecular flexibility index (Phi) is 5.34. The normalized spacial score (nSPS) is 10.3. The van der Waals surface area contributed by atoms with E-state index in [0.29, 0.717) is 15.2 Å². The van der Waals surface area contributed by atoms with Gasteiger partial charge < -0.3 is 10.4 Å². The Balaban J connectivity index is 1.91. The lowest BCUT2D eigenvalue weighted by atomic mass is 10.1. The minimum atomic E-state index is -0.929. The molecule has 0 aliphatic carbocycles. The number of anilines is 2. The molecule has 0 aliphatic rings. The van der Waals surface area contributed by atoms with E-state index in [-0.39, 0.29) is 5.75 Å². The number of aromatic nitrogens is 2. The Morgan fingerprint density at radius 1 is 1.23 bits per heavy atom. The standard InChI is InChI=1S/C13H14N4O3S2/c1-7-3-4-9(5-8(7)2)14-11(20)15-12-16-17-13(22-12)21-6-10(18)19/h3-5H,6H2,1-2H3,(H,18,19)(H2,14,15,16,20). The van der Waals surface area contributed by atoms with Gasteiger partial charge in [0.05, 0.1) is 5.75 Å². The molecule has 116 valence electrons. The predicted molar refractivity (Wildman–Crippen MR) is 86.8 cm³/mol. The van der Waals surface area contributed by atoms with E-state index in [2.05, 4.69) is 20.8 Å². The Hall–Kier alpha value is -2.13. The number of rotatable bonds is 5. The zero-order chi connectivity index (χ0) is 16.1. The van der Waals surface area contributed by atoms with Crippen LogP contribution in [0, 0.1) is 13.8 Å². The SMILES string of the molecule is Cc1ccc(NC(=O)Nc2nnc(SCC(=O)O)s2)cc1C. The van der Waals surface area contributed by atoms with Crippen LogP contribution in [0.25, 0.3) is 0 Å². The molecule has 22 heavy (non-hydrogen) atoms. The number of carbonyl (C=O) groups is 2. The number of carboxylic acid groups (broad SMARTS) is 1. The van der Waals surface area contributed by atoms with Gasteiger partial charge in [-0.05, 0) is 37.1 Å². The largest absolute Gasteiger partial charge is 0.481 e. The van der Waals surface area contributed by atoms with Crippen LogP contribution < -0.4 is 10.6 Å². The number of nitrogens with zero attached hydrogens (tertiary/aromatic N) is 2. The summed E-state index contributed by atoms with van der Waals surface area (Å²) in [5.74, 6) is -1.02. The fraction of sp³-hybridized carbons (Fsp3) is 0.231. The number of aliphatic carboxylic acids is 1. The third-order valence-electron chi connectivity index (χ3n) is 2.71. The van der Waals surface area contributed by atoms with Crippen molar-refractivity contribution in [3.63, 3.8) is 0 Å². The number of thioether (sulfide) groups is 1. The third-order valence-corrected chi connectivity index (χ3v) is 4.67. The number of carboxylic acids is 1. The molecule has 1 heterocycles. The van der Waals surface area contributed by atoms with E-state index in [0.717, 1.165) is 34.2 Å². The number of urea groups is 1. The van der Waals surface area contributed by atoms with Gasteiger partial charge in [-0.2, -0.15) is 0 Å². The number of amides is 2. The number of aryl methyl sites for hydroxylation is 2. The molecule has 0 spiro atoms. The van der Waals surface area contributed by atoms with Gasteiger partial charge in [0, 0.05) is 5.69 Å². The first kappa shape index (κ1) is 16.2. The summed E-state index contributed by atoms with van der Waals surface area (Å²) in [7, 11) is 0. The molecular weight excluding hydrogens is 324 g/mol. The molecular formula is C13H14N4O3S2. The highest BCUT2D eigenvalue weighted by atomic mass is 32.2. The maximum atomic E-state index is 11.9. The van der Waals surface area contributed by atoms with Crippen molar-refractivity contribution >= 4 is 45.9 Å². The van der Waals surface area contributed by atoms with Crippen molar-refractivity contribution in [2.75, 3.05) is 16.4 Å². The lowest BCUT2D eigenvalue weighted by molar-refractivity contribution is -0.133. The van der Waals surface area contributed by atoms with E-state index in [1.54, 1.807) is 0 Å². The average molecular weight is 338 g/mol. The summed E-state index contributed by atoms with van der Waals surface area (Å²) in [6, 6.07) is 5.20. The van der Waals surface area contributed by atoms with Crippen LogP contribution in [0.1, 0.15) is 11.1 Å². The molecule has 0 bridgehead atoms. The summed E-state index contributed by atoms with van der Waals surface area (Å²) in [5.41, 5.74) is 2.92. The number of carbonyl (C=O) groups excluding carboxylic acids is 1. The van der Waals surface area contributed by atoms with Crippen LogP contribution in [0.5, 0.6) is 0 Å². The van der Waals surface area contributed by atoms with Gasteiger partial charge in [-0.3, -0.25) is 10.1 Å². The Labute approximate surface area is 135 Å². The maximum absolute atomic E-state index is 11.9. The lowest BCUT2D eigenvalue weighted by Gasteiger charge is -2.07. The number of hydrogen-bond acceptors (Lipinski definition) is 6. The molecule has 3 N–H and O–H groups in total. The summed E-state index contributed by atoms with van der Waals surface area (Å²) >= 11 is 2.18. The molecule has 2 amide bonds. The molecule has 0 atom stereocenters. The zero-order valence-electron chi connectivity index (χ0n) is 11.9. The number of nitrogens with one attached hydrogen (secondary N) is 2. The molecule has 1 aromatic carbocycles. The van der Waals surface area contributed by atoms with Crippen molar-refractivity contribution < 1.29 is 14.7 Å². The van der Waals surface area contributed by atoms with Crippen molar-refractivity contribution in [1.82, 2.24) is 10.2 Å². The summed E-state index contributed by atoms with van der Waals surface area (Å²) in [4.78, 5) is 22.3. The second-order valence-electron chi connectivity index (χ2n) is 4.43. The highest BCUT2D eigenvalue weighted by molar-refractivity contribution is 8.01. The molecule has 0 radical (unpaired) electrons. The Morgan fingerprint density at radius 3 is 2.68 bits per heavy atom. The molecule has 1 aromatic heterocycles. The van der Waals surface area contributed by atoms with E-state index >= 15 is 0 Å². The Morgan fingerprint density at radius 2 is 2.00 bits per heavy atom. The minimum absolute atomic E-state index is 0.0938. The second kappa shape index (κ2) is 7.23. The van der Waals surface area contributed by atoms with E-state index < -0.39 is 12.0 Å². The van der Waals surface area contributed by atoms with Crippen LogP contribution in [-0.2, 0) is 4.79 Å². The van der Waals surface area contributed by atoms with Gasteiger partial charge in [-0.15, -0.1) is 10.2 Å². The zero-order valence-corrected chi connectivity index (χ0v) is 13.5. The summed E-state index contributed by atoms with van der Waals surface area (Å²) in [6.07, 6.45) is 0. The second-order valence-corrected chi connectivity index (χ2v) is 6.63. The molecule has 0 saturated carbocycles. The van der Waals surface area contributed by atoms with Crippen molar-refractivity contribution in [1.29, 1.82) is 0 Å². The maximum Gasteiger partial charge on any atom is 0.325 e. The molecule has 0 fully saturated rings. The van der Waals surface area contributed by atoms with E-state index in [1.165, 1.54) is 0 Å². The molecule has 7 nitrogen and oxygen atoms in total. The van der Waals surface area contributed by atoms with Gasteiger partial charge >= 0.3 is 12.0 Å². The van der Waals surface area contributed by atoms with Gasteiger partial charge in [-0.25, -0.2) is 4.79 Å². The monoisotopic (exact) mass is 338 g/mol. The van der Waals surface area contributed by atoms with Crippen LogP contribution in [-0.4, -0.2) is 33.1 Å². The molecule has 2 aromatic rings. The van der Waals surface area contributed by atoms with Gasteiger partial charge in [0.15, 0.2) is 4.34 Å². The van der Waals surface area contributed by atoms with Crippen LogP contribution in [0.3, 0.4) is 0 Å². The van der Waals surface area contributed by atoms with Crippen molar-refractivity contribution in [2.24, 2.45) is 0 Å². The Bertz CT molecular complexity index is 702. The lowest BCUT2D eigenvalue weighted by Crippen LogP contribution is -2.19. The van der Waals surface area contributed by atoms with Crippen LogP contribution in [0.15, 0.2) is 22.5 Å². The topological polar surface area (TPSA) is 104 Å². The van der Waals surface area contributed by atoms with Gasteiger partial charge in [0.2, 0.25) is 5.13 Å². The van der Waals surface area contributed by atoms with E-state index in [4.69, 9.17) is 5.11 Å². The predicted octanol–water partition coefficient (Wildman–Crippen LogP) is 2.98. The van der Waals surface area contributed by atoms with Crippen molar-refractivity contribution in [3.8, 4) is 0 Å².